The molecule has 3 nitrogen and oxygen atoms in total. The smallest absolute Gasteiger partial charge is 0.172 e. The van der Waals surface area contributed by atoms with Gasteiger partial charge in [0.15, 0.2) is 11.5 Å². The third-order valence-corrected chi connectivity index (χ3v) is 2.57. The molecule has 1 rings (SSSR count). The van der Waals surface area contributed by atoms with Crippen LogP contribution in [0.3, 0.4) is 0 Å². The summed E-state index contributed by atoms with van der Waals surface area (Å²) in [6.07, 6.45) is 0. The molecule has 0 spiro atoms. The Kier molecular flexibility index (Phi) is 3.37. The highest BCUT2D eigenvalue weighted by molar-refractivity contribution is 9.10. The Morgan fingerprint density at radius 1 is 1.57 bits per heavy atom. The zero-order chi connectivity index (χ0) is 10.7. The molecule has 0 saturated carbocycles. The van der Waals surface area contributed by atoms with E-state index < -0.39 is 0 Å². The van der Waals surface area contributed by atoms with Crippen LogP contribution in [0.2, 0.25) is 0 Å². The number of halogens is 1. The summed E-state index contributed by atoms with van der Waals surface area (Å²) < 4.78 is 5.51. The van der Waals surface area contributed by atoms with E-state index in [1.807, 2.05) is 0 Å². The lowest BCUT2D eigenvalue weighted by atomic mass is 10.0. The third kappa shape index (κ3) is 1.99. The normalized spacial score (nSPS) is 11.9. The zero-order valence-corrected chi connectivity index (χ0v) is 9.50. The molecule has 74 valence electrons. The Morgan fingerprint density at radius 3 is 2.71 bits per heavy atom. The van der Waals surface area contributed by atoms with Crippen molar-refractivity contribution in [3.05, 3.63) is 22.2 Å². The largest absolute Gasteiger partial charge is 0.503 e. The van der Waals surface area contributed by atoms with Crippen LogP contribution in [0.1, 0.15) is 18.4 Å². The van der Waals surface area contributed by atoms with Crippen LogP contribution in [0.15, 0.2) is 16.6 Å². The van der Waals surface area contributed by atoms with Gasteiger partial charge in [-0.2, -0.15) is 5.26 Å². The summed E-state index contributed by atoms with van der Waals surface area (Å²) in [5.41, 5.74) is 0.814. The number of methoxy groups -OCH3 is 1. The lowest BCUT2D eigenvalue weighted by molar-refractivity contribution is 0.371. The molecule has 4 heteroatoms. The molecule has 0 radical (unpaired) electrons. The van der Waals surface area contributed by atoms with E-state index in [1.165, 1.54) is 7.11 Å². The van der Waals surface area contributed by atoms with Crippen molar-refractivity contribution < 1.29 is 9.84 Å². The van der Waals surface area contributed by atoms with E-state index in [9.17, 15) is 5.11 Å². The van der Waals surface area contributed by atoms with Crippen molar-refractivity contribution >= 4 is 15.9 Å². The molecule has 0 aliphatic heterocycles. The third-order valence-electron chi connectivity index (χ3n) is 1.96. The van der Waals surface area contributed by atoms with Gasteiger partial charge in [0.05, 0.1) is 23.6 Å². The number of hydrogen-bond acceptors (Lipinski definition) is 3. The number of nitrogens with zero attached hydrogens (tertiary/aromatic N) is 1. The van der Waals surface area contributed by atoms with E-state index in [0.717, 1.165) is 5.56 Å². The Morgan fingerprint density at radius 2 is 2.21 bits per heavy atom. The molecule has 0 heterocycles. The Balaban J connectivity index is 3.24. The van der Waals surface area contributed by atoms with E-state index >= 15 is 0 Å². The van der Waals surface area contributed by atoms with Crippen LogP contribution in [-0.4, -0.2) is 12.2 Å². The number of rotatable bonds is 2. The van der Waals surface area contributed by atoms with Gasteiger partial charge in [-0.05, 0) is 40.5 Å². The number of ether oxygens (including phenoxy) is 1. The van der Waals surface area contributed by atoms with Crippen molar-refractivity contribution in [3.8, 4) is 17.6 Å². The number of benzene rings is 1. The lowest BCUT2D eigenvalue weighted by Gasteiger charge is -2.09. The molecule has 0 fully saturated rings. The van der Waals surface area contributed by atoms with Crippen molar-refractivity contribution in [3.63, 3.8) is 0 Å². The highest BCUT2D eigenvalue weighted by Crippen LogP contribution is 2.36. The fourth-order valence-corrected chi connectivity index (χ4v) is 1.53. The Hall–Kier alpha value is -1.21. The monoisotopic (exact) mass is 255 g/mol. The second-order valence-electron chi connectivity index (χ2n) is 2.90. The van der Waals surface area contributed by atoms with Gasteiger partial charge in [-0.15, -0.1) is 0 Å². The molecule has 0 saturated heterocycles. The summed E-state index contributed by atoms with van der Waals surface area (Å²) in [5.74, 6) is 0.207. The molecule has 14 heavy (non-hydrogen) atoms. The fraction of sp³-hybridized carbons (Fsp3) is 0.300. The zero-order valence-electron chi connectivity index (χ0n) is 7.91. The van der Waals surface area contributed by atoms with E-state index in [1.54, 1.807) is 19.1 Å². The topological polar surface area (TPSA) is 53.2 Å². The van der Waals surface area contributed by atoms with Crippen LogP contribution in [0, 0.1) is 11.3 Å². The lowest BCUT2D eigenvalue weighted by Crippen LogP contribution is -1.92. The van der Waals surface area contributed by atoms with E-state index in [4.69, 9.17) is 10.00 Å². The molecule has 0 aliphatic rings. The standard InChI is InChI=1S/C10H10BrNO2/c1-6(5-12)7-3-8(11)10(13)9(4-7)14-2/h3-4,6,13H,1-2H3. The average Bonchev–Trinajstić information content (AvgIpc) is 2.20. The van der Waals surface area contributed by atoms with E-state index in [2.05, 4.69) is 22.0 Å². The number of aromatic hydroxyl groups is 1. The highest BCUT2D eigenvalue weighted by atomic mass is 79.9. The van der Waals surface area contributed by atoms with Crippen LogP contribution in [0.4, 0.5) is 0 Å². The molecular weight excluding hydrogens is 246 g/mol. The maximum absolute atomic E-state index is 9.52. The first-order valence-corrected chi connectivity index (χ1v) is 4.85. The fourth-order valence-electron chi connectivity index (χ4n) is 1.07. The molecule has 1 atom stereocenters. The Bertz CT molecular complexity index is 384. The van der Waals surface area contributed by atoms with Crippen LogP contribution in [-0.2, 0) is 0 Å². The number of phenols is 1. The summed E-state index contributed by atoms with van der Waals surface area (Å²) >= 11 is 3.20. The van der Waals surface area contributed by atoms with E-state index in [0.29, 0.717) is 10.2 Å². The molecule has 0 aliphatic carbocycles. The minimum atomic E-state index is -0.221. The van der Waals surface area contributed by atoms with Crippen molar-refractivity contribution in [2.24, 2.45) is 0 Å². The quantitative estimate of drug-likeness (QED) is 0.885. The predicted octanol–water partition coefficient (Wildman–Crippen LogP) is 2.79. The summed E-state index contributed by atoms with van der Waals surface area (Å²) in [6, 6.07) is 5.50. The molecule has 0 amide bonds. The Labute approximate surface area is 91.1 Å². The average molecular weight is 256 g/mol. The maximum Gasteiger partial charge on any atom is 0.172 e. The van der Waals surface area contributed by atoms with E-state index in [-0.39, 0.29) is 11.7 Å². The van der Waals surface area contributed by atoms with Crippen LogP contribution >= 0.6 is 15.9 Å². The summed E-state index contributed by atoms with van der Waals surface area (Å²) in [5, 5.41) is 18.3. The van der Waals surface area contributed by atoms with Gasteiger partial charge in [0, 0.05) is 0 Å². The first kappa shape index (κ1) is 10.9. The molecule has 1 aromatic carbocycles. The van der Waals surface area contributed by atoms with Crippen LogP contribution < -0.4 is 4.74 Å². The van der Waals surface area contributed by atoms with Gasteiger partial charge in [-0.25, -0.2) is 0 Å². The van der Waals surface area contributed by atoms with Gasteiger partial charge in [-0.1, -0.05) is 0 Å². The first-order valence-electron chi connectivity index (χ1n) is 4.06. The number of hydrogen-bond donors (Lipinski definition) is 1. The predicted molar refractivity (Wildman–Crippen MR) is 56.4 cm³/mol. The second kappa shape index (κ2) is 4.34. The molecule has 0 aromatic heterocycles. The van der Waals surface area contributed by atoms with Gasteiger partial charge >= 0.3 is 0 Å². The molecule has 1 N–H and O–H groups in total. The van der Waals surface area contributed by atoms with Crippen molar-refractivity contribution in [1.82, 2.24) is 0 Å². The van der Waals surface area contributed by atoms with Crippen LogP contribution in [0.25, 0.3) is 0 Å². The summed E-state index contributed by atoms with van der Waals surface area (Å²) in [4.78, 5) is 0. The molecule has 1 unspecified atom stereocenters. The highest BCUT2D eigenvalue weighted by Gasteiger charge is 2.12. The number of phenolic OH excluding ortho intramolecular Hbond substituents is 1. The maximum atomic E-state index is 9.52. The molecule has 0 bridgehead atoms. The van der Waals surface area contributed by atoms with Gasteiger partial charge < -0.3 is 9.84 Å². The minimum absolute atomic E-state index is 0.0568. The second-order valence-corrected chi connectivity index (χ2v) is 3.76. The van der Waals surface area contributed by atoms with Crippen molar-refractivity contribution in [2.75, 3.05) is 7.11 Å². The first-order chi connectivity index (χ1) is 6.60. The number of nitriles is 1. The SMILES string of the molecule is COc1cc(C(C)C#N)cc(Br)c1O. The minimum Gasteiger partial charge on any atom is -0.503 e. The molecular formula is C10H10BrNO2. The van der Waals surface area contributed by atoms with Gasteiger partial charge in [0.25, 0.3) is 0 Å². The van der Waals surface area contributed by atoms with Gasteiger partial charge in [-0.3, -0.25) is 0 Å². The molecule has 1 aromatic rings. The van der Waals surface area contributed by atoms with Gasteiger partial charge in [0.1, 0.15) is 0 Å². The summed E-state index contributed by atoms with van der Waals surface area (Å²) in [6.45, 7) is 1.79. The van der Waals surface area contributed by atoms with Crippen molar-refractivity contribution in [2.45, 2.75) is 12.8 Å². The van der Waals surface area contributed by atoms with Crippen LogP contribution in [0.5, 0.6) is 11.5 Å². The summed E-state index contributed by atoms with van der Waals surface area (Å²) in [7, 11) is 1.47. The van der Waals surface area contributed by atoms with Crippen molar-refractivity contribution in [1.29, 1.82) is 5.26 Å². The van der Waals surface area contributed by atoms with Gasteiger partial charge in [0.2, 0.25) is 0 Å².